The minimum Gasteiger partial charge on any atom is -0.462 e. The Morgan fingerprint density at radius 1 is 1.24 bits per heavy atom. The lowest BCUT2D eigenvalue weighted by Gasteiger charge is -2.10. The van der Waals surface area contributed by atoms with Gasteiger partial charge in [0.2, 0.25) is 0 Å². The van der Waals surface area contributed by atoms with Crippen LogP contribution in [0.15, 0.2) is 28.7 Å². The van der Waals surface area contributed by atoms with Crippen LogP contribution in [0.3, 0.4) is 0 Å². The van der Waals surface area contributed by atoms with Crippen molar-refractivity contribution >= 4 is 38.6 Å². The molecule has 2 aromatic carbocycles. The first-order valence-electron chi connectivity index (χ1n) is 6.20. The molecular weight excluding hydrogens is 343 g/mol. The smallest absolute Gasteiger partial charge is 0.338 e. The van der Waals surface area contributed by atoms with Gasteiger partial charge in [0.05, 0.1) is 16.6 Å². The fraction of sp³-hybridized carbons (Fsp3) is 0.200. The fourth-order valence-corrected chi connectivity index (χ4v) is 2.26. The van der Waals surface area contributed by atoms with Gasteiger partial charge in [-0.25, -0.2) is 9.18 Å². The Kier molecular flexibility index (Phi) is 4.57. The first-order chi connectivity index (χ1) is 9.92. The maximum Gasteiger partial charge on any atom is 0.338 e. The number of carbonyl (C=O) groups excluding carboxylic acids is 2. The summed E-state index contributed by atoms with van der Waals surface area (Å²) >= 11 is 3.09. The minimum absolute atomic E-state index is 0.120. The molecule has 0 radical (unpaired) electrons. The number of hydrogen-bond acceptors (Lipinski definition) is 4. The van der Waals surface area contributed by atoms with Crippen molar-refractivity contribution in [3.8, 4) is 5.75 Å². The third-order valence-corrected chi connectivity index (χ3v) is 3.33. The van der Waals surface area contributed by atoms with Crippen molar-refractivity contribution in [1.29, 1.82) is 0 Å². The molecule has 21 heavy (non-hydrogen) atoms. The molecule has 2 rings (SSSR count). The summed E-state index contributed by atoms with van der Waals surface area (Å²) < 4.78 is 23.9. The van der Waals surface area contributed by atoms with Crippen LogP contribution in [0.1, 0.15) is 24.2 Å². The van der Waals surface area contributed by atoms with E-state index >= 15 is 0 Å². The van der Waals surface area contributed by atoms with Crippen molar-refractivity contribution in [2.75, 3.05) is 6.61 Å². The molecule has 0 saturated heterocycles. The van der Waals surface area contributed by atoms with Crippen LogP contribution in [0.4, 0.5) is 4.39 Å². The number of carbonyl (C=O) groups is 2. The van der Waals surface area contributed by atoms with Gasteiger partial charge in [0.15, 0.2) is 0 Å². The molecule has 0 fully saturated rings. The average Bonchev–Trinajstić information content (AvgIpc) is 2.40. The molecule has 0 spiro atoms. The monoisotopic (exact) mass is 354 g/mol. The zero-order valence-electron chi connectivity index (χ0n) is 11.4. The van der Waals surface area contributed by atoms with E-state index in [-0.39, 0.29) is 22.4 Å². The Bertz CT molecular complexity index is 727. The summed E-state index contributed by atoms with van der Waals surface area (Å²) in [5, 5.41) is 0.962. The lowest BCUT2D eigenvalue weighted by atomic mass is 10.1. The summed E-state index contributed by atoms with van der Waals surface area (Å²) in [5.41, 5.74) is 0.235. The minimum atomic E-state index is -0.555. The van der Waals surface area contributed by atoms with E-state index in [1.165, 1.54) is 25.1 Å². The standard InChI is InChI=1S/C15H12BrFO4/c1-3-20-15(19)10-4-9-5-12(16)13(17)7-11(9)14(6-10)21-8(2)18/h4-7H,3H2,1-2H3. The Morgan fingerprint density at radius 3 is 2.57 bits per heavy atom. The van der Waals surface area contributed by atoms with Crippen LogP contribution in [0.5, 0.6) is 5.75 Å². The molecule has 2 aromatic rings. The zero-order chi connectivity index (χ0) is 15.6. The molecule has 4 nitrogen and oxygen atoms in total. The molecule has 0 heterocycles. The van der Waals surface area contributed by atoms with Crippen LogP contribution < -0.4 is 4.74 Å². The maximum absolute atomic E-state index is 13.7. The molecule has 110 valence electrons. The van der Waals surface area contributed by atoms with Gasteiger partial charge in [0, 0.05) is 12.3 Å². The Morgan fingerprint density at radius 2 is 1.95 bits per heavy atom. The zero-order valence-corrected chi connectivity index (χ0v) is 13.0. The van der Waals surface area contributed by atoms with Gasteiger partial charge >= 0.3 is 11.9 Å². The maximum atomic E-state index is 13.7. The Labute approximate surface area is 129 Å². The number of halogens is 2. The first-order valence-corrected chi connectivity index (χ1v) is 7.00. The molecule has 0 amide bonds. The Hall–Kier alpha value is -1.95. The number of hydrogen-bond donors (Lipinski definition) is 0. The summed E-state index contributed by atoms with van der Waals surface area (Å²) in [6.07, 6.45) is 0. The van der Waals surface area contributed by atoms with Crippen LogP contribution >= 0.6 is 15.9 Å². The van der Waals surface area contributed by atoms with E-state index in [4.69, 9.17) is 9.47 Å². The van der Waals surface area contributed by atoms with Gasteiger partial charge in [-0.1, -0.05) is 0 Å². The topological polar surface area (TPSA) is 52.6 Å². The summed E-state index contributed by atoms with van der Waals surface area (Å²) in [5.74, 6) is -1.46. The molecule has 0 aromatic heterocycles. The molecule has 0 aliphatic carbocycles. The number of ether oxygens (including phenoxy) is 2. The van der Waals surface area contributed by atoms with Gasteiger partial charge in [0.25, 0.3) is 0 Å². The van der Waals surface area contributed by atoms with Gasteiger partial charge in [-0.2, -0.15) is 0 Å². The van der Waals surface area contributed by atoms with E-state index in [9.17, 15) is 14.0 Å². The molecule has 0 bridgehead atoms. The SMILES string of the molecule is CCOC(=O)c1cc(OC(C)=O)c2cc(F)c(Br)cc2c1. The van der Waals surface area contributed by atoms with E-state index in [1.807, 2.05) is 0 Å². The summed E-state index contributed by atoms with van der Waals surface area (Å²) in [6, 6.07) is 5.69. The van der Waals surface area contributed by atoms with Crippen LogP contribution in [-0.2, 0) is 9.53 Å². The summed E-state index contributed by atoms with van der Waals surface area (Å²) in [7, 11) is 0. The summed E-state index contributed by atoms with van der Waals surface area (Å²) in [6.45, 7) is 3.16. The number of benzene rings is 2. The van der Waals surface area contributed by atoms with Crippen molar-refractivity contribution in [1.82, 2.24) is 0 Å². The van der Waals surface area contributed by atoms with Gasteiger partial charge < -0.3 is 9.47 Å². The third-order valence-electron chi connectivity index (χ3n) is 2.72. The van der Waals surface area contributed by atoms with Gasteiger partial charge in [-0.15, -0.1) is 0 Å². The predicted octanol–water partition coefficient (Wildman–Crippen LogP) is 3.84. The highest BCUT2D eigenvalue weighted by atomic mass is 79.9. The normalized spacial score (nSPS) is 10.5. The number of rotatable bonds is 3. The van der Waals surface area contributed by atoms with Gasteiger partial charge in [-0.05, 0) is 52.5 Å². The predicted molar refractivity (Wildman–Crippen MR) is 78.9 cm³/mol. The first kappa shape index (κ1) is 15.4. The van der Waals surface area contributed by atoms with E-state index in [0.717, 1.165) is 0 Å². The fourth-order valence-electron chi connectivity index (χ4n) is 1.89. The second kappa shape index (κ2) is 6.22. The molecule has 0 aliphatic rings. The summed E-state index contributed by atoms with van der Waals surface area (Å²) in [4.78, 5) is 23.0. The van der Waals surface area contributed by atoms with Crippen molar-refractivity contribution in [3.63, 3.8) is 0 Å². The Balaban J connectivity index is 2.66. The van der Waals surface area contributed by atoms with Crippen molar-refractivity contribution < 1.29 is 23.5 Å². The molecule has 0 N–H and O–H groups in total. The van der Waals surface area contributed by atoms with E-state index < -0.39 is 17.8 Å². The number of fused-ring (bicyclic) bond motifs is 1. The van der Waals surface area contributed by atoms with E-state index in [0.29, 0.717) is 10.8 Å². The third kappa shape index (κ3) is 3.39. The molecule has 0 aliphatic heterocycles. The highest BCUT2D eigenvalue weighted by molar-refractivity contribution is 9.10. The molecule has 0 saturated carbocycles. The van der Waals surface area contributed by atoms with Crippen molar-refractivity contribution in [2.45, 2.75) is 13.8 Å². The average molecular weight is 355 g/mol. The van der Waals surface area contributed by atoms with Crippen LogP contribution in [0.25, 0.3) is 10.8 Å². The molecule has 0 unspecified atom stereocenters. The highest BCUT2D eigenvalue weighted by Gasteiger charge is 2.15. The van der Waals surface area contributed by atoms with Gasteiger partial charge in [0.1, 0.15) is 11.6 Å². The largest absolute Gasteiger partial charge is 0.462 e. The quantitative estimate of drug-likeness (QED) is 0.620. The van der Waals surface area contributed by atoms with Crippen LogP contribution in [0.2, 0.25) is 0 Å². The molecule has 0 atom stereocenters. The lowest BCUT2D eigenvalue weighted by Crippen LogP contribution is -2.07. The van der Waals surface area contributed by atoms with Crippen LogP contribution in [-0.4, -0.2) is 18.5 Å². The number of esters is 2. The van der Waals surface area contributed by atoms with E-state index in [2.05, 4.69) is 15.9 Å². The van der Waals surface area contributed by atoms with Crippen molar-refractivity contribution in [2.24, 2.45) is 0 Å². The van der Waals surface area contributed by atoms with E-state index in [1.54, 1.807) is 13.0 Å². The van der Waals surface area contributed by atoms with Gasteiger partial charge in [-0.3, -0.25) is 4.79 Å². The molecular formula is C15H12BrFO4. The second-order valence-corrected chi connectivity index (χ2v) is 5.13. The second-order valence-electron chi connectivity index (χ2n) is 4.28. The van der Waals surface area contributed by atoms with Crippen LogP contribution in [0, 0.1) is 5.82 Å². The highest BCUT2D eigenvalue weighted by Crippen LogP contribution is 2.32. The lowest BCUT2D eigenvalue weighted by molar-refractivity contribution is -0.131. The van der Waals surface area contributed by atoms with Crippen molar-refractivity contribution in [3.05, 3.63) is 40.1 Å². The molecule has 6 heteroatoms.